The molecule has 0 saturated heterocycles. The molecule has 0 aliphatic carbocycles. The van der Waals surface area contributed by atoms with Gasteiger partial charge in [0.15, 0.2) is 11.5 Å². The van der Waals surface area contributed by atoms with Crippen LogP contribution < -0.4 is 9.47 Å². The lowest BCUT2D eigenvalue weighted by Crippen LogP contribution is -2.14. The quantitative estimate of drug-likeness (QED) is 0.867. The third kappa shape index (κ3) is 3.58. The van der Waals surface area contributed by atoms with Crippen LogP contribution in [0.1, 0.15) is 11.7 Å². The first-order chi connectivity index (χ1) is 8.28. The number of methoxy groups -OCH3 is 2. The van der Waals surface area contributed by atoms with E-state index < -0.39 is 27.5 Å². The van der Waals surface area contributed by atoms with Crippen molar-refractivity contribution in [2.24, 2.45) is 0 Å². The topological polar surface area (TPSA) is 72.8 Å². The highest BCUT2D eigenvalue weighted by Gasteiger charge is 2.21. The van der Waals surface area contributed by atoms with Crippen LogP contribution in [0.2, 0.25) is 0 Å². The molecule has 0 aliphatic heterocycles. The molecular formula is C11H15FO5S. The third-order valence-electron chi connectivity index (χ3n) is 2.32. The van der Waals surface area contributed by atoms with Crippen molar-refractivity contribution in [3.63, 3.8) is 0 Å². The molecule has 0 spiro atoms. The summed E-state index contributed by atoms with van der Waals surface area (Å²) in [5.74, 6) is -0.907. The number of rotatable bonds is 5. The van der Waals surface area contributed by atoms with Crippen molar-refractivity contribution in [1.82, 2.24) is 0 Å². The second kappa shape index (κ2) is 5.53. The van der Waals surface area contributed by atoms with E-state index in [-0.39, 0.29) is 17.1 Å². The van der Waals surface area contributed by atoms with Crippen LogP contribution in [0.25, 0.3) is 0 Å². The van der Waals surface area contributed by atoms with E-state index in [0.717, 1.165) is 12.3 Å². The Hall–Kier alpha value is -1.34. The van der Waals surface area contributed by atoms with Crippen molar-refractivity contribution in [1.29, 1.82) is 0 Å². The van der Waals surface area contributed by atoms with Gasteiger partial charge in [-0.3, -0.25) is 0 Å². The number of halogens is 1. The molecule has 0 fully saturated rings. The van der Waals surface area contributed by atoms with E-state index >= 15 is 0 Å². The van der Waals surface area contributed by atoms with Gasteiger partial charge in [-0.05, 0) is 6.07 Å². The largest absolute Gasteiger partial charge is 0.493 e. The fourth-order valence-corrected chi connectivity index (χ4v) is 2.25. The molecule has 0 saturated carbocycles. The Morgan fingerprint density at radius 2 is 1.78 bits per heavy atom. The zero-order valence-corrected chi connectivity index (χ0v) is 11.1. The SMILES string of the molecule is COc1cc(F)c(C(O)CS(C)(=O)=O)cc1OC. The molecule has 0 aliphatic rings. The maximum Gasteiger partial charge on any atom is 0.163 e. The zero-order chi connectivity index (χ0) is 13.9. The molecule has 18 heavy (non-hydrogen) atoms. The van der Waals surface area contributed by atoms with Crippen LogP contribution in [0.5, 0.6) is 11.5 Å². The summed E-state index contributed by atoms with van der Waals surface area (Å²) in [6.07, 6.45) is -0.477. The van der Waals surface area contributed by atoms with Crippen molar-refractivity contribution in [2.75, 3.05) is 26.2 Å². The van der Waals surface area contributed by atoms with Crippen molar-refractivity contribution in [3.8, 4) is 11.5 Å². The summed E-state index contributed by atoms with van der Waals surface area (Å²) < 4.78 is 45.7. The van der Waals surface area contributed by atoms with Gasteiger partial charge in [0.2, 0.25) is 0 Å². The predicted molar refractivity (Wildman–Crippen MR) is 64.2 cm³/mol. The molecule has 5 nitrogen and oxygen atoms in total. The molecule has 1 rings (SSSR count). The predicted octanol–water partition coefficient (Wildman–Crippen LogP) is 0.921. The zero-order valence-electron chi connectivity index (χ0n) is 10.3. The summed E-state index contributed by atoms with van der Waals surface area (Å²) >= 11 is 0. The molecule has 0 aromatic heterocycles. The third-order valence-corrected chi connectivity index (χ3v) is 3.24. The van der Waals surface area contributed by atoms with Gasteiger partial charge in [0.1, 0.15) is 15.7 Å². The summed E-state index contributed by atoms with van der Waals surface area (Å²) in [5.41, 5.74) is -0.141. The first kappa shape index (κ1) is 14.7. The molecular weight excluding hydrogens is 263 g/mol. The van der Waals surface area contributed by atoms with E-state index in [4.69, 9.17) is 9.47 Å². The number of aliphatic hydroxyl groups excluding tert-OH is 1. The Balaban J connectivity index is 3.17. The Morgan fingerprint density at radius 1 is 1.28 bits per heavy atom. The molecule has 0 radical (unpaired) electrons. The smallest absolute Gasteiger partial charge is 0.163 e. The maximum atomic E-state index is 13.7. The van der Waals surface area contributed by atoms with E-state index in [9.17, 15) is 17.9 Å². The average molecular weight is 278 g/mol. The normalized spacial score (nSPS) is 13.2. The summed E-state index contributed by atoms with van der Waals surface area (Å²) in [6.45, 7) is 0. The molecule has 1 aromatic carbocycles. The van der Waals surface area contributed by atoms with E-state index in [1.807, 2.05) is 0 Å². The summed E-state index contributed by atoms with van der Waals surface area (Å²) in [5, 5.41) is 9.70. The van der Waals surface area contributed by atoms with Crippen LogP contribution >= 0.6 is 0 Å². The fourth-order valence-electron chi connectivity index (χ4n) is 1.50. The van der Waals surface area contributed by atoms with E-state index in [2.05, 4.69) is 0 Å². The highest BCUT2D eigenvalue weighted by atomic mass is 32.2. The van der Waals surface area contributed by atoms with Crippen LogP contribution in [-0.4, -0.2) is 39.8 Å². The average Bonchev–Trinajstić information content (AvgIpc) is 2.26. The highest BCUT2D eigenvalue weighted by molar-refractivity contribution is 7.90. The molecule has 1 atom stereocenters. The van der Waals surface area contributed by atoms with Gasteiger partial charge in [-0.25, -0.2) is 12.8 Å². The number of benzene rings is 1. The molecule has 0 bridgehead atoms. The molecule has 102 valence electrons. The number of hydrogen-bond acceptors (Lipinski definition) is 5. The first-order valence-electron chi connectivity index (χ1n) is 5.05. The Kier molecular flexibility index (Phi) is 4.53. The minimum Gasteiger partial charge on any atom is -0.493 e. The van der Waals surface area contributed by atoms with Gasteiger partial charge in [-0.2, -0.15) is 0 Å². The van der Waals surface area contributed by atoms with Crippen LogP contribution in [-0.2, 0) is 9.84 Å². The van der Waals surface area contributed by atoms with Gasteiger partial charge in [0.05, 0.1) is 26.1 Å². The summed E-state index contributed by atoms with van der Waals surface area (Å²) in [6, 6.07) is 2.27. The number of aliphatic hydroxyl groups is 1. The van der Waals surface area contributed by atoms with Crippen LogP contribution in [0, 0.1) is 5.82 Å². The van der Waals surface area contributed by atoms with Gasteiger partial charge < -0.3 is 14.6 Å². The van der Waals surface area contributed by atoms with Crippen LogP contribution in [0.3, 0.4) is 0 Å². The minimum absolute atomic E-state index is 0.141. The van der Waals surface area contributed by atoms with Crippen molar-refractivity contribution < 1.29 is 27.4 Å². The first-order valence-corrected chi connectivity index (χ1v) is 7.11. The second-order valence-corrected chi connectivity index (χ2v) is 6.02. The standard InChI is InChI=1S/C11H15FO5S/c1-16-10-4-7(8(12)5-11(10)17-2)9(13)6-18(3,14)15/h4-5,9,13H,6H2,1-3H3. The molecule has 0 amide bonds. The molecule has 1 N–H and O–H groups in total. The van der Waals surface area contributed by atoms with E-state index in [1.165, 1.54) is 20.3 Å². The van der Waals surface area contributed by atoms with Gasteiger partial charge in [-0.15, -0.1) is 0 Å². The minimum atomic E-state index is -3.41. The lowest BCUT2D eigenvalue weighted by molar-refractivity contribution is 0.195. The lowest BCUT2D eigenvalue weighted by Gasteiger charge is -2.14. The summed E-state index contributed by atoms with van der Waals surface area (Å²) in [7, 11) is -0.698. The van der Waals surface area contributed by atoms with E-state index in [1.54, 1.807) is 0 Å². The number of sulfone groups is 1. The molecule has 1 unspecified atom stereocenters. The molecule has 1 aromatic rings. The number of ether oxygens (including phenoxy) is 2. The van der Waals surface area contributed by atoms with Gasteiger partial charge in [0.25, 0.3) is 0 Å². The Bertz CT molecular complexity index is 526. The van der Waals surface area contributed by atoms with Crippen molar-refractivity contribution in [2.45, 2.75) is 6.10 Å². The van der Waals surface area contributed by atoms with Crippen LogP contribution in [0.15, 0.2) is 12.1 Å². The maximum absolute atomic E-state index is 13.7. The van der Waals surface area contributed by atoms with Crippen LogP contribution in [0.4, 0.5) is 4.39 Å². The fraction of sp³-hybridized carbons (Fsp3) is 0.455. The van der Waals surface area contributed by atoms with Crippen molar-refractivity contribution in [3.05, 3.63) is 23.5 Å². The number of hydrogen-bond donors (Lipinski definition) is 1. The highest BCUT2D eigenvalue weighted by Crippen LogP contribution is 2.32. The second-order valence-electron chi connectivity index (χ2n) is 3.84. The molecule has 7 heteroatoms. The lowest BCUT2D eigenvalue weighted by atomic mass is 10.1. The molecule has 0 heterocycles. The van der Waals surface area contributed by atoms with Crippen molar-refractivity contribution >= 4 is 9.84 Å². The Labute approximate surface area is 105 Å². The van der Waals surface area contributed by atoms with E-state index in [0.29, 0.717) is 0 Å². The van der Waals surface area contributed by atoms with Gasteiger partial charge in [0, 0.05) is 17.9 Å². The van der Waals surface area contributed by atoms with Gasteiger partial charge >= 0.3 is 0 Å². The summed E-state index contributed by atoms with van der Waals surface area (Å²) in [4.78, 5) is 0. The van der Waals surface area contributed by atoms with Gasteiger partial charge in [-0.1, -0.05) is 0 Å². The monoisotopic (exact) mass is 278 g/mol. The Morgan fingerprint density at radius 3 is 2.22 bits per heavy atom.